The second-order valence-corrected chi connectivity index (χ2v) is 5.75. The Balaban J connectivity index is 2.55. The van der Waals surface area contributed by atoms with E-state index in [0.717, 1.165) is 3.57 Å². The first-order valence-electron chi connectivity index (χ1n) is 5.70. The summed E-state index contributed by atoms with van der Waals surface area (Å²) in [6.45, 7) is 0. The maximum atomic E-state index is 13.9. The van der Waals surface area contributed by atoms with Crippen molar-refractivity contribution in [2.24, 2.45) is 0 Å². The van der Waals surface area contributed by atoms with Crippen LogP contribution in [-0.2, 0) is 0 Å². The molecule has 1 unspecified atom stereocenters. The maximum absolute atomic E-state index is 13.9. The average Bonchev–Trinajstić information content (AvgIpc) is 2.37. The first kappa shape index (κ1) is 15.6. The summed E-state index contributed by atoms with van der Waals surface area (Å²) >= 11 is 8.08. The first-order chi connectivity index (χ1) is 9.43. The largest absolute Gasteiger partial charge is 0.309 e. The van der Waals surface area contributed by atoms with E-state index >= 15 is 0 Å². The molecule has 2 aromatic rings. The highest BCUT2D eigenvalue weighted by Gasteiger charge is 2.22. The monoisotopic (exact) mass is 411 g/mol. The van der Waals surface area contributed by atoms with E-state index in [9.17, 15) is 13.2 Å². The second kappa shape index (κ2) is 6.32. The second-order valence-electron chi connectivity index (χ2n) is 4.18. The fourth-order valence-corrected chi connectivity index (χ4v) is 2.52. The van der Waals surface area contributed by atoms with Crippen LogP contribution in [0.3, 0.4) is 0 Å². The molecule has 0 radical (unpaired) electrons. The van der Waals surface area contributed by atoms with Crippen LogP contribution in [0.1, 0.15) is 17.2 Å². The van der Waals surface area contributed by atoms with Gasteiger partial charge in [-0.2, -0.15) is 0 Å². The van der Waals surface area contributed by atoms with Crippen LogP contribution in [0.4, 0.5) is 13.2 Å². The van der Waals surface area contributed by atoms with E-state index in [1.165, 1.54) is 0 Å². The van der Waals surface area contributed by atoms with Crippen LogP contribution < -0.4 is 5.32 Å². The zero-order valence-electron chi connectivity index (χ0n) is 10.4. The first-order valence-corrected chi connectivity index (χ1v) is 7.16. The van der Waals surface area contributed by atoms with E-state index in [4.69, 9.17) is 11.6 Å². The highest BCUT2D eigenvalue weighted by atomic mass is 127. The molecule has 1 nitrogen and oxygen atoms in total. The zero-order valence-corrected chi connectivity index (χ0v) is 13.3. The molecule has 0 saturated carbocycles. The van der Waals surface area contributed by atoms with Gasteiger partial charge in [-0.15, -0.1) is 0 Å². The minimum atomic E-state index is -0.945. The average molecular weight is 412 g/mol. The number of nitrogens with one attached hydrogen (secondary N) is 1. The summed E-state index contributed by atoms with van der Waals surface area (Å²) in [7, 11) is 1.57. The lowest BCUT2D eigenvalue weighted by Gasteiger charge is -2.19. The van der Waals surface area contributed by atoms with Crippen LogP contribution in [0.15, 0.2) is 30.3 Å². The molecule has 1 N–H and O–H groups in total. The Morgan fingerprint density at radius 3 is 2.20 bits per heavy atom. The van der Waals surface area contributed by atoms with Crippen LogP contribution >= 0.6 is 34.2 Å². The van der Waals surface area contributed by atoms with Crippen molar-refractivity contribution in [2.45, 2.75) is 6.04 Å². The molecule has 2 rings (SSSR count). The lowest BCUT2D eigenvalue weighted by atomic mass is 9.97. The van der Waals surface area contributed by atoms with Gasteiger partial charge in [-0.1, -0.05) is 17.7 Å². The van der Waals surface area contributed by atoms with Gasteiger partial charge in [-0.05, 0) is 47.3 Å². The normalized spacial score (nSPS) is 12.5. The fraction of sp³-hybridized carbons (Fsp3) is 0.143. The van der Waals surface area contributed by atoms with Crippen molar-refractivity contribution in [3.63, 3.8) is 0 Å². The molecule has 0 aromatic heterocycles. The number of halogens is 5. The number of rotatable bonds is 3. The fourth-order valence-electron chi connectivity index (χ4n) is 2.00. The van der Waals surface area contributed by atoms with Gasteiger partial charge in [-0.3, -0.25) is 0 Å². The molecule has 106 valence electrons. The number of hydrogen-bond acceptors (Lipinski definition) is 1. The van der Waals surface area contributed by atoms with Gasteiger partial charge in [0.25, 0.3) is 0 Å². The lowest BCUT2D eigenvalue weighted by Crippen LogP contribution is -2.20. The predicted octanol–water partition coefficient (Wildman–Crippen LogP) is 4.67. The van der Waals surface area contributed by atoms with E-state index in [1.807, 2.05) is 0 Å². The van der Waals surface area contributed by atoms with Crippen molar-refractivity contribution in [3.05, 3.63) is 67.5 Å². The molecule has 0 spiro atoms. The van der Waals surface area contributed by atoms with Crippen LogP contribution in [0.2, 0.25) is 5.02 Å². The van der Waals surface area contributed by atoms with Crippen molar-refractivity contribution in [2.75, 3.05) is 7.05 Å². The van der Waals surface area contributed by atoms with Gasteiger partial charge in [0.05, 0.1) is 11.1 Å². The van der Waals surface area contributed by atoms with E-state index in [0.29, 0.717) is 22.7 Å². The van der Waals surface area contributed by atoms with Gasteiger partial charge in [0.2, 0.25) is 0 Å². The van der Waals surface area contributed by atoms with E-state index in [1.54, 1.807) is 25.2 Å². The minimum Gasteiger partial charge on any atom is -0.309 e. The molecule has 20 heavy (non-hydrogen) atoms. The van der Waals surface area contributed by atoms with E-state index in [2.05, 4.69) is 27.9 Å². The van der Waals surface area contributed by atoms with Crippen molar-refractivity contribution in [3.8, 4) is 0 Å². The molecule has 2 aromatic carbocycles. The molecule has 0 saturated heterocycles. The van der Waals surface area contributed by atoms with Gasteiger partial charge in [-0.25, -0.2) is 13.2 Å². The smallest absolute Gasteiger partial charge is 0.134 e. The Labute approximate surface area is 133 Å². The molecule has 1 atom stereocenters. The molecular weight excluding hydrogens is 402 g/mol. The standard InChI is InChI=1S/C14H10ClF3IN/c1-20-14(7-2-3-12(19)9(15)4-7)13-10(17)5-8(16)6-11(13)18/h2-6,14,20H,1H3. The topological polar surface area (TPSA) is 12.0 Å². The third kappa shape index (κ3) is 3.10. The highest BCUT2D eigenvalue weighted by molar-refractivity contribution is 14.1. The SMILES string of the molecule is CNC(c1ccc(I)c(Cl)c1)c1c(F)cc(F)cc1F. The highest BCUT2D eigenvalue weighted by Crippen LogP contribution is 2.30. The van der Waals surface area contributed by atoms with Crippen LogP contribution in [0.5, 0.6) is 0 Å². The van der Waals surface area contributed by atoms with Gasteiger partial charge >= 0.3 is 0 Å². The molecule has 0 amide bonds. The van der Waals surface area contributed by atoms with Crippen LogP contribution in [0, 0.1) is 21.0 Å². The molecule has 0 bridgehead atoms. The predicted molar refractivity (Wildman–Crippen MR) is 81.4 cm³/mol. The zero-order chi connectivity index (χ0) is 14.9. The molecule has 6 heteroatoms. The van der Waals surface area contributed by atoms with Gasteiger partial charge in [0.15, 0.2) is 0 Å². The Hall–Kier alpha value is -0.790. The molecule has 0 fully saturated rings. The Bertz CT molecular complexity index is 625. The maximum Gasteiger partial charge on any atom is 0.134 e. The van der Waals surface area contributed by atoms with Crippen LogP contribution in [0.25, 0.3) is 0 Å². The quantitative estimate of drug-likeness (QED) is 0.724. The molecule has 0 aliphatic rings. The van der Waals surface area contributed by atoms with Gasteiger partial charge in [0, 0.05) is 21.3 Å². The van der Waals surface area contributed by atoms with Gasteiger partial charge < -0.3 is 5.32 Å². The Kier molecular flexibility index (Phi) is 4.93. The third-order valence-corrected chi connectivity index (χ3v) is 4.47. The number of benzene rings is 2. The minimum absolute atomic E-state index is 0.230. The molecule has 0 heterocycles. The summed E-state index contributed by atoms with van der Waals surface area (Å²) in [5.74, 6) is -2.81. The van der Waals surface area contributed by atoms with Crippen molar-refractivity contribution < 1.29 is 13.2 Å². The molecule has 0 aliphatic heterocycles. The summed E-state index contributed by atoms with van der Waals surface area (Å²) in [6, 6.07) is 5.69. The van der Waals surface area contributed by atoms with E-state index in [-0.39, 0.29) is 5.56 Å². The summed E-state index contributed by atoms with van der Waals surface area (Å²) in [6.07, 6.45) is 0. The van der Waals surface area contributed by atoms with Crippen molar-refractivity contribution >= 4 is 34.2 Å². The van der Waals surface area contributed by atoms with E-state index < -0.39 is 23.5 Å². The van der Waals surface area contributed by atoms with Gasteiger partial charge in [0.1, 0.15) is 17.5 Å². The molecule has 0 aliphatic carbocycles. The number of hydrogen-bond donors (Lipinski definition) is 1. The Morgan fingerprint density at radius 2 is 1.70 bits per heavy atom. The third-order valence-electron chi connectivity index (χ3n) is 2.90. The summed E-state index contributed by atoms with van der Waals surface area (Å²) in [5.41, 5.74) is 0.369. The summed E-state index contributed by atoms with van der Waals surface area (Å²) in [4.78, 5) is 0. The van der Waals surface area contributed by atoms with Crippen LogP contribution in [-0.4, -0.2) is 7.05 Å². The summed E-state index contributed by atoms with van der Waals surface area (Å²) in [5, 5.41) is 3.31. The van der Waals surface area contributed by atoms with Crippen molar-refractivity contribution in [1.29, 1.82) is 0 Å². The Morgan fingerprint density at radius 1 is 1.10 bits per heavy atom. The molecular formula is C14H10ClF3IN. The lowest BCUT2D eigenvalue weighted by molar-refractivity contribution is 0.500. The van der Waals surface area contributed by atoms with Crippen molar-refractivity contribution in [1.82, 2.24) is 5.32 Å². The summed E-state index contributed by atoms with van der Waals surface area (Å²) < 4.78 is 41.5.